The number of aromatic nitrogens is 3. The summed E-state index contributed by atoms with van der Waals surface area (Å²) < 4.78 is 12.7. The van der Waals surface area contributed by atoms with Crippen molar-refractivity contribution in [1.82, 2.24) is 14.7 Å². The minimum atomic E-state index is 0.443. The van der Waals surface area contributed by atoms with Gasteiger partial charge in [-0.3, -0.25) is 0 Å². The van der Waals surface area contributed by atoms with Crippen molar-refractivity contribution in [2.75, 3.05) is 12.3 Å². The number of para-hydroxylation sites is 1. The molecule has 0 unspecified atom stereocenters. The van der Waals surface area contributed by atoms with Gasteiger partial charge in [-0.2, -0.15) is 0 Å². The quantitative estimate of drug-likeness (QED) is 0.780. The molecule has 110 valence electrons. The highest BCUT2D eigenvalue weighted by Crippen LogP contribution is 2.27. The smallest absolute Gasteiger partial charge is 0.201 e. The van der Waals surface area contributed by atoms with E-state index < -0.39 is 0 Å². The number of benzene rings is 1. The van der Waals surface area contributed by atoms with Crippen LogP contribution in [-0.2, 0) is 6.54 Å². The number of ether oxygens (including phenoxy) is 1. The molecule has 3 aromatic rings. The Morgan fingerprint density at radius 2 is 2.24 bits per heavy atom. The average molecular weight is 286 g/mol. The molecule has 0 atom stereocenters. The highest BCUT2D eigenvalue weighted by molar-refractivity contribution is 5.84. The number of nitrogens with zero attached hydrogens (tertiary/aromatic N) is 3. The molecule has 0 amide bonds. The van der Waals surface area contributed by atoms with E-state index in [0.717, 1.165) is 34.7 Å². The maximum atomic E-state index is 6.04. The standard InChI is InChI=1S/C15H18N4O2/c1-3-7-20-13-6-4-5-12-14(13)17-15(16)19(12)9-11-8-10(2)21-18-11/h4-6,8H,3,7,9H2,1-2H3,(H2,16,17). The van der Waals surface area contributed by atoms with Crippen molar-refractivity contribution in [2.24, 2.45) is 0 Å². The number of fused-ring (bicyclic) bond motifs is 1. The van der Waals surface area contributed by atoms with Gasteiger partial charge in [-0.05, 0) is 25.5 Å². The van der Waals surface area contributed by atoms with E-state index in [9.17, 15) is 0 Å². The van der Waals surface area contributed by atoms with Gasteiger partial charge in [0.05, 0.1) is 18.7 Å². The number of nitrogens with two attached hydrogens (primary N) is 1. The summed E-state index contributed by atoms with van der Waals surface area (Å²) in [6.45, 7) is 5.12. The molecule has 21 heavy (non-hydrogen) atoms. The van der Waals surface area contributed by atoms with Gasteiger partial charge in [-0.1, -0.05) is 18.1 Å². The number of nitrogen functional groups attached to an aromatic ring is 1. The molecule has 0 aliphatic carbocycles. The highest BCUT2D eigenvalue weighted by atomic mass is 16.5. The van der Waals surface area contributed by atoms with Gasteiger partial charge in [0.25, 0.3) is 0 Å². The van der Waals surface area contributed by atoms with Crippen molar-refractivity contribution >= 4 is 17.0 Å². The van der Waals surface area contributed by atoms with E-state index in [1.54, 1.807) is 0 Å². The molecule has 2 N–H and O–H groups in total. The molecule has 6 nitrogen and oxygen atoms in total. The summed E-state index contributed by atoms with van der Waals surface area (Å²) in [6, 6.07) is 7.72. The van der Waals surface area contributed by atoms with Crippen molar-refractivity contribution in [1.29, 1.82) is 0 Å². The van der Waals surface area contributed by atoms with Gasteiger partial charge in [0.2, 0.25) is 5.95 Å². The second-order valence-electron chi connectivity index (χ2n) is 4.96. The topological polar surface area (TPSA) is 79.1 Å². The monoisotopic (exact) mass is 286 g/mol. The zero-order chi connectivity index (χ0) is 14.8. The minimum absolute atomic E-state index is 0.443. The fourth-order valence-electron chi connectivity index (χ4n) is 2.29. The number of imidazole rings is 1. The Morgan fingerprint density at radius 3 is 2.95 bits per heavy atom. The van der Waals surface area contributed by atoms with Gasteiger partial charge in [-0.25, -0.2) is 4.98 Å². The molecule has 1 aromatic carbocycles. The normalized spacial score (nSPS) is 11.1. The molecule has 3 rings (SSSR count). The lowest BCUT2D eigenvalue weighted by Gasteiger charge is -2.06. The first-order valence-electron chi connectivity index (χ1n) is 6.98. The highest BCUT2D eigenvalue weighted by Gasteiger charge is 2.14. The molecule has 0 saturated heterocycles. The third kappa shape index (κ3) is 2.56. The van der Waals surface area contributed by atoms with Crippen LogP contribution in [0.15, 0.2) is 28.8 Å². The van der Waals surface area contributed by atoms with E-state index >= 15 is 0 Å². The van der Waals surface area contributed by atoms with E-state index in [4.69, 9.17) is 15.0 Å². The lowest BCUT2D eigenvalue weighted by molar-refractivity contribution is 0.320. The first kappa shape index (κ1) is 13.5. The molecule has 0 radical (unpaired) electrons. The third-order valence-electron chi connectivity index (χ3n) is 3.23. The molecular formula is C15H18N4O2. The molecule has 2 heterocycles. The Kier molecular flexibility index (Phi) is 3.51. The van der Waals surface area contributed by atoms with Crippen molar-refractivity contribution < 1.29 is 9.26 Å². The van der Waals surface area contributed by atoms with Crippen LogP contribution < -0.4 is 10.5 Å². The van der Waals surface area contributed by atoms with Crippen LogP contribution in [0.1, 0.15) is 24.8 Å². The fraction of sp³-hybridized carbons (Fsp3) is 0.333. The average Bonchev–Trinajstić information content (AvgIpc) is 3.02. The van der Waals surface area contributed by atoms with Crippen molar-refractivity contribution in [3.8, 4) is 5.75 Å². The van der Waals surface area contributed by atoms with Crippen LogP contribution >= 0.6 is 0 Å². The van der Waals surface area contributed by atoms with Crippen molar-refractivity contribution in [3.05, 3.63) is 35.7 Å². The zero-order valence-corrected chi connectivity index (χ0v) is 12.2. The Morgan fingerprint density at radius 1 is 1.38 bits per heavy atom. The Labute approximate surface area is 122 Å². The summed E-state index contributed by atoms with van der Waals surface area (Å²) in [5, 5.41) is 4.00. The second-order valence-corrected chi connectivity index (χ2v) is 4.96. The van der Waals surface area contributed by atoms with Crippen LogP contribution in [-0.4, -0.2) is 21.3 Å². The van der Waals surface area contributed by atoms with E-state index in [1.807, 2.05) is 35.8 Å². The molecule has 6 heteroatoms. The Bertz CT molecular complexity index is 760. The predicted octanol–water partition coefficient (Wildman–Crippen LogP) is 2.75. The maximum absolute atomic E-state index is 6.04. The van der Waals surface area contributed by atoms with Gasteiger partial charge in [-0.15, -0.1) is 0 Å². The summed E-state index contributed by atoms with van der Waals surface area (Å²) in [5.74, 6) is 1.98. The third-order valence-corrected chi connectivity index (χ3v) is 3.23. The molecule has 0 saturated carbocycles. The number of hydrogen-bond acceptors (Lipinski definition) is 5. The van der Waals surface area contributed by atoms with E-state index in [2.05, 4.69) is 17.1 Å². The fourth-order valence-corrected chi connectivity index (χ4v) is 2.29. The van der Waals surface area contributed by atoms with Crippen LogP contribution in [0.3, 0.4) is 0 Å². The number of aryl methyl sites for hydroxylation is 1. The largest absolute Gasteiger partial charge is 0.491 e. The summed E-state index contributed by atoms with van der Waals surface area (Å²) >= 11 is 0. The number of anilines is 1. The van der Waals surface area contributed by atoms with Crippen LogP contribution in [0, 0.1) is 6.92 Å². The second kappa shape index (κ2) is 5.47. The zero-order valence-electron chi connectivity index (χ0n) is 12.2. The molecule has 0 fully saturated rings. The molecule has 0 aliphatic rings. The minimum Gasteiger partial charge on any atom is -0.491 e. The SMILES string of the molecule is CCCOc1cccc2c1nc(N)n2Cc1cc(C)on1. The summed E-state index contributed by atoms with van der Waals surface area (Å²) in [6.07, 6.45) is 0.949. The van der Waals surface area contributed by atoms with Gasteiger partial charge in [0.1, 0.15) is 22.7 Å². The lowest BCUT2D eigenvalue weighted by atomic mass is 10.3. The van der Waals surface area contributed by atoms with Gasteiger partial charge in [0, 0.05) is 6.07 Å². The first-order valence-corrected chi connectivity index (χ1v) is 6.98. The summed E-state index contributed by atoms with van der Waals surface area (Å²) in [7, 11) is 0. The summed E-state index contributed by atoms with van der Waals surface area (Å²) in [4.78, 5) is 4.43. The summed E-state index contributed by atoms with van der Waals surface area (Å²) in [5.41, 5.74) is 8.57. The van der Waals surface area contributed by atoms with Gasteiger partial charge < -0.3 is 19.6 Å². The van der Waals surface area contributed by atoms with E-state index in [1.165, 1.54) is 0 Å². The van der Waals surface area contributed by atoms with Crippen LogP contribution in [0.4, 0.5) is 5.95 Å². The van der Waals surface area contributed by atoms with Gasteiger partial charge >= 0.3 is 0 Å². The number of hydrogen-bond donors (Lipinski definition) is 1. The van der Waals surface area contributed by atoms with Gasteiger partial charge in [0.15, 0.2) is 0 Å². The first-order chi connectivity index (χ1) is 10.2. The Hall–Kier alpha value is -2.50. The maximum Gasteiger partial charge on any atom is 0.201 e. The van der Waals surface area contributed by atoms with Crippen LogP contribution in [0.5, 0.6) is 5.75 Å². The van der Waals surface area contributed by atoms with E-state index in [-0.39, 0.29) is 0 Å². The lowest BCUT2D eigenvalue weighted by Crippen LogP contribution is -2.04. The van der Waals surface area contributed by atoms with Crippen molar-refractivity contribution in [2.45, 2.75) is 26.8 Å². The Balaban J connectivity index is 2.00. The van der Waals surface area contributed by atoms with Crippen molar-refractivity contribution in [3.63, 3.8) is 0 Å². The van der Waals surface area contributed by atoms with E-state index in [0.29, 0.717) is 19.1 Å². The number of rotatable bonds is 5. The molecule has 0 aliphatic heterocycles. The van der Waals surface area contributed by atoms with Crippen LogP contribution in [0.25, 0.3) is 11.0 Å². The molecule has 0 spiro atoms. The predicted molar refractivity (Wildman–Crippen MR) is 80.3 cm³/mol. The van der Waals surface area contributed by atoms with Crippen LogP contribution in [0.2, 0.25) is 0 Å². The molecule has 0 bridgehead atoms. The molecule has 2 aromatic heterocycles. The molecular weight excluding hydrogens is 268 g/mol.